The molecule has 0 spiro atoms. The third-order valence-corrected chi connectivity index (χ3v) is 4.22. The van der Waals surface area contributed by atoms with Gasteiger partial charge in [-0.15, -0.1) is 0 Å². The first-order chi connectivity index (χ1) is 8.24. The van der Waals surface area contributed by atoms with Gasteiger partial charge in [-0.25, -0.2) is 0 Å². The molecule has 0 radical (unpaired) electrons. The van der Waals surface area contributed by atoms with Crippen LogP contribution in [0, 0.1) is 6.92 Å². The number of nitrogens with zero attached hydrogens (tertiary/aromatic N) is 2. The van der Waals surface area contributed by atoms with Crippen molar-refractivity contribution in [3.05, 3.63) is 28.4 Å². The van der Waals surface area contributed by atoms with Crippen LogP contribution in [0.1, 0.15) is 24.4 Å². The van der Waals surface area contributed by atoms with Crippen molar-refractivity contribution in [1.82, 2.24) is 9.78 Å². The third kappa shape index (κ3) is 2.11. The van der Waals surface area contributed by atoms with E-state index in [1.165, 1.54) is 10.9 Å². The van der Waals surface area contributed by atoms with Crippen molar-refractivity contribution < 1.29 is 4.74 Å². The van der Waals surface area contributed by atoms with Gasteiger partial charge in [0, 0.05) is 29.3 Å². The van der Waals surface area contributed by atoms with Gasteiger partial charge in [0.1, 0.15) is 0 Å². The molecule has 1 aromatic heterocycles. The molecule has 1 aliphatic heterocycles. The highest BCUT2D eigenvalue weighted by atomic mass is 79.9. The Balaban J connectivity index is 2.00. The summed E-state index contributed by atoms with van der Waals surface area (Å²) in [5.41, 5.74) is 2.31. The monoisotopic (exact) mass is 294 g/mol. The van der Waals surface area contributed by atoms with Gasteiger partial charge in [0.2, 0.25) is 0 Å². The molecule has 0 amide bonds. The lowest BCUT2D eigenvalue weighted by atomic mass is 10.1. The van der Waals surface area contributed by atoms with Crippen molar-refractivity contribution in [2.45, 2.75) is 25.8 Å². The Bertz CT molecular complexity index is 505. The van der Waals surface area contributed by atoms with Gasteiger partial charge in [0.15, 0.2) is 0 Å². The number of aryl methyl sites for hydroxylation is 1. The number of halogens is 1. The summed E-state index contributed by atoms with van der Waals surface area (Å²) < 4.78 is 8.64. The van der Waals surface area contributed by atoms with Gasteiger partial charge in [-0.3, -0.25) is 4.68 Å². The van der Waals surface area contributed by atoms with Crippen molar-refractivity contribution >= 4 is 26.8 Å². The van der Waals surface area contributed by atoms with Crippen LogP contribution in [-0.2, 0) is 4.74 Å². The van der Waals surface area contributed by atoms with E-state index in [0.29, 0.717) is 6.04 Å². The fraction of sp³-hybridized carbons (Fsp3) is 0.462. The second-order valence-electron chi connectivity index (χ2n) is 4.61. The van der Waals surface area contributed by atoms with Crippen LogP contribution in [0.5, 0.6) is 0 Å². The number of aromatic nitrogens is 2. The van der Waals surface area contributed by atoms with Gasteiger partial charge in [-0.2, -0.15) is 5.10 Å². The fourth-order valence-electron chi connectivity index (χ4n) is 2.30. The molecule has 3 rings (SSSR count). The molecular formula is C13H15BrN2O. The van der Waals surface area contributed by atoms with Crippen molar-refractivity contribution in [2.75, 3.05) is 13.2 Å². The first-order valence-electron chi connectivity index (χ1n) is 5.97. The molecule has 1 aromatic carbocycles. The lowest BCUT2D eigenvalue weighted by Crippen LogP contribution is -2.19. The maximum Gasteiger partial charge on any atom is 0.0926 e. The van der Waals surface area contributed by atoms with E-state index < -0.39 is 0 Å². The first-order valence-corrected chi connectivity index (χ1v) is 6.76. The zero-order chi connectivity index (χ0) is 11.8. The summed E-state index contributed by atoms with van der Waals surface area (Å²) in [6.45, 7) is 3.80. The zero-order valence-electron chi connectivity index (χ0n) is 9.82. The lowest BCUT2D eigenvalue weighted by Gasteiger charge is -2.22. The maximum atomic E-state index is 5.38. The Labute approximate surface area is 109 Å². The highest BCUT2D eigenvalue weighted by molar-refractivity contribution is 9.10. The van der Waals surface area contributed by atoms with Crippen LogP contribution in [0.3, 0.4) is 0 Å². The van der Waals surface area contributed by atoms with Crippen LogP contribution in [0.15, 0.2) is 22.8 Å². The van der Waals surface area contributed by atoms with Crippen LogP contribution in [0.25, 0.3) is 10.9 Å². The topological polar surface area (TPSA) is 27.1 Å². The largest absolute Gasteiger partial charge is 0.381 e. The van der Waals surface area contributed by atoms with Gasteiger partial charge in [-0.1, -0.05) is 15.9 Å². The van der Waals surface area contributed by atoms with E-state index >= 15 is 0 Å². The van der Waals surface area contributed by atoms with E-state index in [9.17, 15) is 0 Å². The average Bonchev–Trinajstić information content (AvgIpc) is 2.74. The number of hydrogen-bond donors (Lipinski definition) is 0. The van der Waals surface area contributed by atoms with E-state index in [-0.39, 0.29) is 0 Å². The van der Waals surface area contributed by atoms with Gasteiger partial charge >= 0.3 is 0 Å². The van der Waals surface area contributed by atoms with Crippen LogP contribution in [0.4, 0.5) is 0 Å². The maximum absolute atomic E-state index is 5.38. The Morgan fingerprint density at radius 2 is 2.12 bits per heavy atom. The number of hydrogen-bond acceptors (Lipinski definition) is 2. The average molecular weight is 295 g/mol. The molecule has 0 unspecified atom stereocenters. The molecule has 1 saturated heterocycles. The molecule has 0 aliphatic carbocycles. The van der Waals surface area contributed by atoms with Gasteiger partial charge in [-0.05, 0) is 37.5 Å². The predicted octanol–water partition coefficient (Wildman–Crippen LogP) is 3.46. The minimum absolute atomic E-state index is 0.496. The minimum Gasteiger partial charge on any atom is -0.381 e. The van der Waals surface area contributed by atoms with E-state index in [4.69, 9.17) is 4.74 Å². The van der Waals surface area contributed by atoms with E-state index in [2.05, 4.69) is 51.0 Å². The normalized spacial score (nSPS) is 17.8. The first kappa shape index (κ1) is 11.2. The van der Waals surface area contributed by atoms with E-state index in [1.807, 2.05) is 0 Å². The Hall–Kier alpha value is -0.870. The van der Waals surface area contributed by atoms with Crippen molar-refractivity contribution in [1.29, 1.82) is 0 Å². The summed E-state index contributed by atoms with van der Waals surface area (Å²) in [5.74, 6) is 0. The lowest BCUT2D eigenvalue weighted by molar-refractivity contribution is 0.0664. The fourth-order valence-corrected chi connectivity index (χ4v) is 2.67. The van der Waals surface area contributed by atoms with Crippen LogP contribution in [-0.4, -0.2) is 23.0 Å². The standard InChI is InChI=1S/C13H15BrN2O/c1-9-6-13-10(7-12(9)14)8-16(15-13)11-2-4-17-5-3-11/h6-8,11H,2-5H2,1H3. The third-order valence-electron chi connectivity index (χ3n) is 3.37. The van der Waals surface area contributed by atoms with Crippen LogP contribution in [0.2, 0.25) is 0 Å². The van der Waals surface area contributed by atoms with Crippen LogP contribution < -0.4 is 0 Å². The minimum atomic E-state index is 0.496. The SMILES string of the molecule is Cc1cc2nn(C3CCOCC3)cc2cc1Br. The quantitative estimate of drug-likeness (QED) is 0.805. The summed E-state index contributed by atoms with van der Waals surface area (Å²) in [4.78, 5) is 0. The summed E-state index contributed by atoms with van der Waals surface area (Å²) >= 11 is 3.56. The summed E-state index contributed by atoms with van der Waals surface area (Å²) in [6.07, 6.45) is 4.28. The van der Waals surface area contributed by atoms with Gasteiger partial charge in [0.25, 0.3) is 0 Å². The highest BCUT2D eigenvalue weighted by Gasteiger charge is 2.17. The number of ether oxygens (including phenoxy) is 1. The zero-order valence-corrected chi connectivity index (χ0v) is 11.4. The smallest absolute Gasteiger partial charge is 0.0926 e. The summed E-state index contributed by atoms with van der Waals surface area (Å²) in [5, 5.41) is 5.88. The number of rotatable bonds is 1. The Kier molecular flexibility index (Phi) is 2.92. The van der Waals surface area contributed by atoms with Crippen molar-refractivity contribution in [3.63, 3.8) is 0 Å². The molecule has 1 fully saturated rings. The molecule has 17 heavy (non-hydrogen) atoms. The summed E-state index contributed by atoms with van der Waals surface area (Å²) in [7, 11) is 0. The molecule has 0 atom stereocenters. The van der Waals surface area contributed by atoms with Gasteiger partial charge in [0.05, 0.1) is 11.6 Å². The molecule has 90 valence electrons. The predicted molar refractivity (Wildman–Crippen MR) is 71.3 cm³/mol. The molecule has 0 N–H and O–H groups in total. The van der Waals surface area contributed by atoms with E-state index in [0.717, 1.165) is 36.0 Å². The molecule has 0 saturated carbocycles. The number of fused-ring (bicyclic) bond motifs is 1. The molecular weight excluding hydrogens is 280 g/mol. The Morgan fingerprint density at radius 1 is 1.35 bits per heavy atom. The highest BCUT2D eigenvalue weighted by Crippen LogP contribution is 2.26. The second-order valence-corrected chi connectivity index (χ2v) is 5.47. The van der Waals surface area contributed by atoms with Gasteiger partial charge < -0.3 is 4.74 Å². The molecule has 4 heteroatoms. The molecule has 0 bridgehead atoms. The van der Waals surface area contributed by atoms with Crippen molar-refractivity contribution in [3.8, 4) is 0 Å². The molecule has 3 nitrogen and oxygen atoms in total. The molecule has 1 aliphatic rings. The number of benzene rings is 1. The molecule has 2 aromatic rings. The second kappa shape index (κ2) is 4.42. The Morgan fingerprint density at radius 3 is 2.88 bits per heavy atom. The summed E-state index contributed by atoms with van der Waals surface area (Å²) in [6, 6.07) is 4.78. The van der Waals surface area contributed by atoms with E-state index in [1.54, 1.807) is 0 Å². The van der Waals surface area contributed by atoms with Crippen molar-refractivity contribution in [2.24, 2.45) is 0 Å². The molecule has 2 heterocycles. The van der Waals surface area contributed by atoms with Crippen LogP contribution >= 0.6 is 15.9 Å².